The lowest BCUT2D eigenvalue weighted by Gasteiger charge is -2.32. The van der Waals surface area contributed by atoms with Gasteiger partial charge >= 0.3 is 0 Å². The molecular formula is C22H30N6O. The molecule has 1 atom stereocenters. The highest BCUT2D eigenvalue weighted by molar-refractivity contribution is 5.79. The molecule has 1 unspecified atom stereocenters. The highest BCUT2D eigenvalue weighted by Crippen LogP contribution is 2.22. The Kier molecular flexibility index (Phi) is 6.22. The van der Waals surface area contributed by atoms with Crippen LogP contribution in [0.2, 0.25) is 0 Å². The Bertz CT molecular complexity index is 789. The van der Waals surface area contributed by atoms with Gasteiger partial charge in [-0.2, -0.15) is 0 Å². The fourth-order valence-corrected chi connectivity index (χ4v) is 4.11. The lowest BCUT2D eigenvalue weighted by Crippen LogP contribution is -2.43. The molecule has 2 aliphatic heterocycles. The van der Waals surface area contributed by atoms with E-state index < -0.39 is 0 Å². The van der Waals surface area contributed by atoms with Gasteiger partial charge in [-0.15, -0.1) is 0 Å². The molecule has 29 heavy (non-hydrogen) atoms. The van der Waals surface area contributed by atoms with Crippen molar-refractivity contribution in [3.8, 4) is 0 Å². The number of nitrogens with one attached hydrogen (secondary N) is 1. The third-order valence-corrected chi connectivity index (χ3v) is 6.01. The highest BCUT2D eigenvalue weighted by atomic mass is 16.1. The van der Waals surface area contributed by atoms with E-state index in [0.717, 1.165) is 49.8 Å². The number of anilines is 2. The van der Waals surface area contributed by atoms with Crippen LogP contribution in [0.5, 0.6) is 0 Å². The van der Waals surface area contributed by atoms with Gasteiger partial charge in [0.25, 0.3) is 0 Å². The van der Waals surface area contributed by atoms with Gasteiger partial charge in [-0.05, 0) is 49.3 Å². The standard InChI is InChI=1S/C22H30N6O/c1-17-7-12-27(13-8-17)20-6-5-18(14-25-20)15-26-21(29)19-4-2-11-28(16-19)22-23-9-3-10-24-22/h3,5-6,9-10,14,17,19H,2,4,7-8,11-13,15-16H2,1H3,(H,26,29). The second kappa shape index (κ2) is 9.20. The van der Waals surface area contributed by atoms with Gasteiger partial charge in [0, 0.05) is 51.3 Å². The topological polar surface area (TPSA) is 74.2 Å². The molecule has 1 amide bonds. The summed E-state index contributed by atoms with van der Waals surface area (Å²) in [6.45, 7) is 6.55. The average molecular weight is 395 g/mol. The normalized spacial score (nSPS) is 20.5. The first-order valence-corrected chi connectivity index (χ1v) is 10.7. The summed E-state index contributed by atoms with van der Waals surface area (Å²) in [5.74, 6) is 2.62. The fraction of sp³-hybridized carbons (Fsp3) is 0.545. The molecule has 2 aromatic heterocycles. The van der Waals surface area contributed by atoms with Crippen molar-refractivity contribution in [2.75, 3.05) is 36.0 Å². The Morgan fingerprint density at radius 3 is 2.59 bits per heavy atom. The minimum Gasteiger partial charge on any atom is -0.357 e. The summed E-state index contributed by atoms with van der Waals surface area (Å²) in [6.07, 6.45) is 9.71. The Morgan fingerprint density at radius 1 is 1.07 bits per heavy atom. The molecule has 0 aliphatic carbocycles. The summed E-state index contributed by atoms with van der Waals surface area (Å²) < 4.78 is 0. The van der Waals surface area contributed by atoms with Crippen LogP contribution in [0.3, 0.4) is 0 Å². The van der Waals surface area contributed by atoms with E-state index in [1.165, 1.54) is 12.8 Å². The molecule has 0 saturated carbocycles. The number of nitrogens with zero attached hydrogens (tertiary/aromatic N) is 5. The zero-order chi connectivity index (χ0) is 20.1. The average Bonchev–Trinajstić information content (AvgIpc) is 2.79. The molecule has 0 spiro atoms. The first-order chi connectivity index (χ1) is 14.2. The van der Waals surface area contributed by atoms with Crippen molar-refractivity contribution in [3.63, 3.8) is 0 Å². The van der Waals surface area contributed by atoms with Gasteiger partial charge in [-0.3, -0.25) is 4.79 Å². The third-order valence-electron chi connectivity index (χ3n) is 6.01. The van der Waals surface area contributed by atoms with E-state index in [9.17, 15) is 4.79 Å². The molecular weight excluding hydrogens is 364 g/mol. The molecule has 2 fully saturated rings. The van der Waals surface area contributed by atoms with Crippen molar-refractivity contribution >= 4 is 17.7 Å². The minimum atomic E-state index is -0.0323. The van der Waals surface area contributed by atoms with E-state index in [-0.39, 0.29) is 11.8 Å². The maximum atomic E-state index is 12.7. The van der Waals surface area contributed by atoms with Gasteiger partial charge in [0.2, 0.25) is 11.9 Å². The predicted octanol–water partition coefficient (Wildman–Crippen LogP) is 2.64. The van der Waals surface area contributed by atoms with Crippen LogP contribution in [0.1, 0.15) is 38.2 Å². The summed E-state index contributed by atoms with van der Waals surface area (Å²) in [6, 6.07) is 5.96. The molecule has 7 nitrogen and oxygen atoms in total. The van der Waals surface area contributed by atoms with E-state index in [2.05, 4.69) is 49.1 Å². The SMILES string of the molecule is CC1CCN(c2ccc(CNC(=O)C3CCCN(c4ncccn4)C3)cn2)CC1. The zero-order valence-electron chi connectivity index (χ0n) is 17.1. The Labute approximate surface area is 172 Å². The Hall–Kier alpha value is -2.70. The van der Waals surface area contributed by atoms with Crippen molar-refractivity contribution < 1.29 is 4.79 Å². The number of piperidine rings is 2. The van der Waals surface area contributed by atoms with Gasteiger partial charge < -0.3 is 15.1 Å². The van der Waals surface area contributed by atoms with E-state index in [0.29, 0.717) is 19.0 Å². The number of aromatic nitrogens is 3. The van der Waals surface area contributed by atoms with E-state index in [4.69, 9.17) is 0 Å². The number of rotatable bonds is 5. The number of amides is 1. The Morgan fingerprint density at radius 2 is 1.86 bits per heavy atom. The van der Waals surface area contributed by atoms with Crippen LogP contribution in [0.4, 0.5) is 11.8 Å². The van der Waals surface area contributed by atoms with Gasteiger partial charge in [-0.25, -0.2) is 15.0 Å². The van der Waals surface area contributed by atoms with Gasteiger partial charge in [0.1, 0.15) is 5.82 Å². The van der Waals surface area contributed by atoms with Crippen LogP contribution in [-0.4, -0.2) is 47.0 Å². The fourth-order valence-electron chi connectivity index (χ4n) is 4.11. The van der Waals surface area contributed by atoms with Crippen molar-refractivity contribution in [2.24, 2.45) is 11.8 Å². The molecule has 1 N–H and O–H groups in total. The Balaban J connectivity index is 1.28. The van der Waals surface area contributed by atoms with E-state index in [1.807, 2.05) is 12.3 Å². The largest absolute Gasteiger partial charge is 0.357 e. The van der Waals surface area contributed by atoms with Crippen LogP contribution in [-0.2, 0) is 11.3 Å². The second-order valence-corrected chi connectivity index (χ2v) is 8.25. The highest BCUT2D eigenvalue weighted by Gasteiger charge is 2.27. The minimum absolute atomic E-state index is 0.0323. The lowest BCUT2D eigenvalue weighted by molar-refractivity contribution is -0.125. The van der Waals surface area contributed by atoms with Crippen LogP contribution < -0.4 is 15.1 Å². The molecule has 2 aliphatic rings. The summed E-state index contributed by atoms with van der Waals surface area (Å²) >= 11 is 0. The smallest absolute Gasteiger partial charge is 0.225 e. The molecule has 0 radical (unpaired) electrons. The van der Waals surface area contributed by atoms with Crippen LogP contribution >= 0.6 is 0 Å². The first kappa shape index (κ1) is 19.6. The van der Waals surface area contributed by atoms with Crippen molar-refractivity contribution in [1.82, 2.24) is 20.3 Å². The summed E-state index contributed by atoms with van der Waals surface area (Å²) in [7, 11) is 0. The van der Waals surface area contributed by atoms with Gasteiger partial charge in [0.15, 0.2) is 0 Å². The number of carbonyl (C=O) groups excluding carboxylic acids is 1. The summed E-state index contributed by atoms with van der Waals surface area (Å²) in [5.41, 5.74) is 1.03. The lowest BCUT2D eigenvalue weighted by atomic mass is 9.97. The zero-order valence-corrected chi connectivity index (χ0v) is 17.1. The molecule has 2 saturated heterocycles. The third kappa shape index (κ3) is 5.02. The van der Waals surface area contributed by atoms with Crippen LogP contribution in [0.25, 0.3) is 0 Å². The molecule has 4 heterocycles. The molecule has 154 valence electrons. The number of carbonyl (C=O) groups is 1. The molecule has 7 heteroatoms. The van der Waals surface area contributed by atoms with E-state index >= 15 is 0 Å². The quantitative estimate of drug-likeness (QED) is 0.840. The molecule has 0 bridgehead atoms. The number of hydrogen-bond donors (Lipinski definition) is 1. The monoisotopic (exact) mass is 394 g/mol. The number of pyridine rings is 1. The maximum Gasteiger partial charge on any atom is 0.225 e. The second-order valence-electron chi connectivity index (χ2n) is 8.25. The van der Waals surface area contributed by atoms with Gasteiger partial charge in [0.05, 0.1) is 5.92 Å². The number of hydrogen-bond acceptors (Lipinski definition) is 6. The summed E-state index contributed by atoms with van der Waals surface area (Å²) in [5, 5.41) is 3.09. The molecule has 4 rings (SSSR count). The van der Waals surface area contributed by atoms with Gasteiger partial charge in [-0.1, -0.05) is 13.0 Å². The first-order valence-electron chi connectivity index (χ1n) is 10.7. The van der Waals surface area contributed by atoms with Crippen LogP contribution in [0, 0.1) is 11.8 Å². The van der Waals surface area contributed by atoms with Crippen molar-refractivity contribution in [2.45, 2.75) is 39.2 Å². The molecule has 0 aromatic carbocycles. The van der Waals surface area contributed by atoms with Crippen molar-refractivity contribution in [3.05, 3.63) is 42.4 Å². The maximum absolute atomic E-state index is 12.7. The van der Waals surface area contributed by atoms with E-state index in [1.54, 1.807) is 12.4 Å². The van der Waals surface area contributed by atoms with Crippen molar-refractivity contribution in [1.29, 1.82) is 0 Å². The predicted molar refractivity (Wildman–Crippen MR) is 114 cm³/mol. The van der Waals surface area contributed by atoms with Crippen LogP contribution in [0.15, 0.2) is 36.8 Å². The molecule has 2 aromatic rings. The summed E-state index contributed by atoms with van der Waals surface area (Å²) in [4.78, 5) is 30.4.